The molecule has 1 atom stereocenters. The summed E-state index contributed by atoms with van der Waals surface area (Å²) >= 11 is 0. The summed E-state index contributed by atoms with van der Waals surface area (Å²) in [7, 11) is -3.96. The number of sulfonamides is 1. The number of nitro groups is 1. The maximum atomic E-state index is 13.0. The van der Waals surface area contributed by atoms with E-state index in [0.29, 0.717) is 18.4 Å². The molecule has 0 spiro atoms. The molecule has 146 valence electrons. The Labute approximate surface area is 163 Å². The van der Waals surface area contributed by atoms with Gasteiger partial charge in [-0.1, -0.05) is 29.8 Å². The van der Waals surface area contributed by atoms with Crippen LogP contribution >= 0.6 is 0 Å². The van der Waals surface area contributed by atoms with Gasteiger partial charge in [-0.3, -0.25) is 14.9 Å². The smallest absolute Gasteiger partial charge is 0.269 e. The summed E-state index contributed by atoms with van der Waals surface area (Å²) in [5, 5.41) is 10.7. The van der Waals surface area contributed by atoms with E-state index >= 15 is 0 Å². The van der Waals surface area contributed by atoms with Crippen molar-refractivity contribution in [2.75, 3.05) is 0 Å². The van der Waals surface area contributed by atoms with E-state index in [9.17, 15) is 23.3 Å². The lowest BCUT2D eigenvalue weighted by Crippen LogP contribution is -2.46. The summed E-state index contributed by atoms with van der Waals surface area (Å²) in [6.45, 7) is 1.86. The molecule has 0 radical (unpaired) electrons. The van der Waals surface area contributed by atoms with Gasteiger partial charge >= 0.3 is 0 Å². The molecule has 0 aliphatic carbocycles. The maximum Gasteiger partial charge on any atom is 0.269 e. The number of non-ortho nitro benzene ring substituents is 1. The molecule has 0 aromatic heterocycles. The summed E-state index contributed by atoms with van der Waals surface area (Å²) in [5.74, 6) is -0.426. The van der Waals surface area contributed by atoms with Gasteiger partial charge in [0.25, 0.3) is 15.7 Å². The monoisotopic (exact) mass is 400 g/mol. The molecule has 1 fully saturated rings. The minimum Gasteiger partial charge on any atom is -0.274 e. The summed E-state index contributed by atoms with van der Waals surface area (Å²) < 4.78 is 27.1. The normalized spacial score (nSPS) is 17.8. The third-order valence-corrected chi connectivity index (χ3v) is 6.49. The van der Waals surface area contributed by atoms with Crippen LogP contribution in [0.4, 0.5) is 5.69 Å². The molecule has 1 amide bonds. The van der Waals surface area contributed by atoms with Crippen molar-refractivity contribution >= 4 is 27.7 Å². The zero-order valence-electron chi connectivity index (χ0n) is 15.3. The third kappa shape index (κ3) is 4.12. The van der Waals surface area contributed by atoms with Crippen molar-refractivity contribution in [1.29, 1.82) is 0 Å². The Morgan fingerprint density at radius 1 is 1.11 bits per heavy atom. The molecule has 1 heterocycles. The molecule has 1 aliphatic heterocycles. The van der Waals surface area contributed by atoms with Gasteiger partial charge < -0.3 is 0 Å². The van der Waals surface area contributed by atoms with Crippen molar-refractivity contribution in [3.63, 3.8) is 0 Å². The van der Waals surface area contributed by atoms with Gasteiger partial charge in [-0.2, -0.15) is 0 Å². The van der Waals surface area contributed by atoms with E-state index in [1.807, 2.05) is 6.92 Å². The molecule has 0 N–H and O–H groups in total. The molecule has 1 aliphatic rings. The Balaban J connectivity index is 1.89. The number of rotatable bonds is 5. The molecular formula is C20H20N2O5S. The van der Waals surface area contributed by atoms with Crippen molar-refractivity contribution in [1.82, 2.24) is 4.31 Å². The van der Waals surface area contributed by atoms with E-state index in [0.717, 1.165) is 9.87 Å². The zero-order valence-corrected chi connectivity index (χ0v) is 16.1. The van der Waals surface area contributed by atoms with E-state index in [4.69, 9.17) is 0 Å². The molecule has 1 unspecified atom stereocenters. The molecule has 1 saturated heterocycles. The maximum absolute atomic E-state index is 13.0. The van der Waals surface area contributed by atoms with E-state index in [1.165, 1.54) is 24.3 Å². The van der Waals surface area contributed by atoms with Gasteiger partial charge in [0, 0.05) is 18.6 Å². The fourth-order valence-corrected chi connectivity index (χ4v) is 4.71. The second kappa shape index (κ2) is 7.93. The van der Waals surface area contributed by atoms with Crippen LogP contribution in [0.2, 0.25) is 0 Å². The number of amides is 1. The summed E-state index contributed by atoms with van der Waals surface area (Å²) in [6, 6.07) is 11.7. The Hall–Kier alpha value is -3.00. The second-order valence-corrected chi connectivity index (χ2v) is 8.49. The first-order chi connectivity index (χ1) is 13.3. The fraction of sp³-hybridized carbons (Fsp3) is 0.250. The van der Waals surface area contributed by atoms with Gasteiger partial charge in [0.05, 0.1) is 15.9 Å². The SMILES string of the molecule is Cc1ccc(S(=O)(=O)N2C(=O)CCCC2/C=C/c2ccc([N+](=O)[O-])cc2)cc1. The molecule has 3 rings (SSSR count). The van der Waals surface area contributed by atoms with E-state index < -0.39 is 26.9 Å². The van der Waals surface area contributed by atoms with Crippen molar-refractivity contribution in [3.05, 3.63) is 75.8 Å². The number of aryl methyl sites for hydroxylation is 1. The van der Waals surface area contributed by atoms with Gasteiger partial charge in [-0.05, 0) is 49.6 Å². The van der Waals surface area contributed by atoms with Crippen LogP contribution in [0.1, 0.15) is 30.4 Å². The largest absolute Gasteiger partial charge is 0.274 e. The van der Waals surface area contributed by atoms with E-state index in [-0.39, 0.29) is 17.0 Å². The first-order valence-corrected chi connectivity index (χ1v) is 10.3. The van der Waals surface area contributed by atoms with Gasteiger partial charge in [0.2, 0.25) is 5.91 Å². The molecule has 8 heteroatoms. The molecule has 0 saturated carbocycles. The molecule has 7 nitrogen and oxygen atoms in total. The van der Waals surface area contributed by atoms with Crippen LogP contribution in [0.25, 0.3) is 6.08 Å². The molecule has 2 aromatic carbocycles. The number of carbonyl (C=O) groups is 1. The predicted molar refractivity (Wildman–Crippen MR) is 105 cm³/mol. The quantitative estimate of drug-likeness (QED) is 0.563. The average molecular weight is 400 g/mol. The van der Waals surface area contributed by atoms with Crippen molar-refractivity contribution in [3.8, 4) is 0 Å². The summed E-state index contributed by atoms with van der Waals surface area (Å²) in [6.07, 6.45) is 4.68. The Morgan fingerprint density at radius 2 is 1.75 bits per heavy atom. The van der Waals surface area contributed by atoms with E-state index in [1.54, 1.807) is 36.4 Å². The fourth-order valence-electron chi connectivity index (χ4n) is 3.11. The molecular weight excluding hydrogens is 380 g/mol. The second-order valence-electron chi connectivity index (χ2n) is 6.67. The van der Waals surface area contributed by atoms with E-state index in [2.05, 4.69) is 0 Å². The Bertz CT molecular complexity index is 1010. The number of piperidine rings is 1. The minimum atomic E-state index is -3.96. The molecule has 2 aromatic rings. The number of hydrogen-bond donors (Lipinski definition) is 0. The minimum absolute atomic E-state index is 0.0198. The van der Waals surface area contributed by atoms with Gasteiger partial charge in [0.15, 0.2) is 0 Å². The highest BCUT2D eigenvalue weighted by Gasteiger charge is 2.36. The highest BCUT2D eigenvalue weighted by Crippen LogP contribution is 2.28. The van der Waals surface area contributed by atoms with Crippen molar-refractivity contribution in [2.24, 2.45) is 0 Å². The first-order valence-electron chi connectivity index (χ1n) is 8.85. The van der Waals surface area contributed by atoms with Gasteiger partial charge in [0.1, 0.15) is 0 Å². The van der Waals surface area contributed by atoms with Crippen LogP contribution in [-0.4, -0.2) is 29.6 Å². The molecule has 0 bridgehead atoms. The predicted octanol–water partition coefficient (Wildman–Crippen LogP) is 3.69. The number of benzene rings is 2. The van der Waals surface area contributed by atoms with Crippen LogP contribution in [0, 0.1) is 17.0 Å². The lowest BCUT2D eigenvalue weighted by atomic mass is 10.0. The lowest BCUT2D eigenvalue weighted by molar-refractivity contribution is -0.384. The topological polar surface area (TPSA) is 97.6 Å². The number of hydrogen-bond acceptors (Lipinski definition) is 5. The van der Waals surface area contributed by atoms with Crippen LogP contribution < -0.4 is 0 Å². The van der Waals surface area contributed by atoms with Crippen LogP contribution in [0.5, 0.6) is 0 Å². The number of nitro benzene ring substituents is 1. The highest BCUT2D eigenvalue weighted by atomic mass is 32.2. The van der Waals surface area contributed by atoms with Gasteiger partial charge in [-0.25, -0.2) is 12.7 Å². The Kier molecular flexibility index (Phi) is 5.60. The third-order valence-electron chi connectivity index (χ3n) is 4.63. The van der Waals surface area contributed by atoms with Crippen LogP contribution in [0.15, 0.2) is 59.5 Å². The van der Waals surface area contributed by atoms with Crippen molar-refractivity contribution < 1.29 is 18.1 Å². The number of nitrogens with zero attached hydrogens (tertiary/aromatic N) is 2. The first kappa shape index (κ1) is 19.8. The van der Waals surface area contributed by atoms with Gasteiger partial charge in [-0.15, -0.1) is 0 Å². The number of carbonyl (C=O) groups excluding carboxylic acids is 1. The average Bonchev–Trinajstić information content (AvgIpc) is 2.66. The molecule has 28 heavy (non-hydrogen) atoms. The van der Waals surface area contributed by atoms with Crippen LogP contribution in [-0.2, 0) is 14.8 Å². The van der Waals surface area contributed by atoms with Crippen molar-refractivity contribution in [2.45, 2.75) is 37.1 Å². The Morgan fingerprint density at radius 3 is 2.36 bits per heavy atom. The highest BCUT2D eigenvalue weighted by molar-refractivity contribution is 7.89. The zero-order chi connectivity index (χ0) is 20.3. The van der Waals surface area contributed by atoms with Crippen LogP contribution in [0.3, 0.4) is 0 Å². The standard InChI is InChI=1S/C20H20N2O5S/c1-15-5-13-19(14-6-15)28(26,27)21-17(3-2-4-20(21)23)10-7-16-8-11-18(12-9-16)22(24)25/h5-14,17H,2-4H2,1H3/b10-7+. The summed E-state index contributed by atoms with van der Waals surface area (Å²) in [5.41, 5.74) is 1.60. The summed E-state index contributed by atoms with van der Waals surface area (Å²) in [4.78, 5) is 22.8. The lowest BCUT2D eigenvalue weighted by Gasteiger charge is -2.33.